The molecule has 0 bridgehead atoms. The van der Waals surface area contributed by atoms with Gasteiger partial charge in [-0.05, 0) is 13.0 Å². The maximum atomic E-state index is 12.8. The number of hydrogen-bond donors (Lipinski definition) is 1. The minimum atomic E-state index is -4.37. The number of amidine groups is 1. The lowest BCUT2D eigenvalue weighted by Crippen LogP contribution is -2.51. The van der Waals surface area contributed by atoms with Crippen molar-refractivity contribution in [2.75, 3.05) is 26.2 Å². The van der Waals surface area contributed by atoms with Crippen molar-refractivity contribution in [2.24, 2.45) is 4.99 Å². The van der Waals surface area contributed by atoms with Crippen LogP contribution in [0, 0.1) is 0 Å². The smallest absolute Gasteiger partial charge is 0.346 e. The van der Waals surface area contributed by atoms with E-state index >= 15 is 0 Å². The van der Waals surface area contributed by atoms with Crippen LogP contribution in [0.2, 0.25) is 0 Å². The van der Waals surface area contributed by atoms with Crippen molar-refractivity contribution in [1.82, 2.24) is 10.2 Å². The van der Waals surface area contributed by atoms with Gasteiger partial charge in [0, 0.05) is 30.6 Å². The number of rotatable bonds is 2. The van der Waals surface area contributed by atoms with E-state index in [0.717, 1.165) is 43.0 Å². The molecule has 0 amide bonds. The SMILES string of the molecule is C=C/C=C(\C=C1/CN=C(N2CCNC[C@H]2C)S1)C(F)(F)F. The molecule has 0 saturated carbocycles. The van der Waals surface area contributed by atoms with Gasteiger partial charge in [-0.1, -0.05) is 30.5 Å². The Morgan fingerprint density at radius 2 is 2.29 bits per heavy atom. The fourth-order valence-corrected chi connectivity index (χ4v) is 3.27. The van der Waals surface area contributed by atoms with E-state index in [-0.39, 0.29) is 0 Å². The summed E-state index contributed by atoms with van der Waals surface area (Å²) in [6.45, 7) is 8.28. The van der Waals surface area contributed by atoms with Crippen molar-refractivity contribution < 1.29 is 13.2 Å². The van der Waals surface area contributed by atoms with Crippen LogP contribution in [-0.2, 0) is 0 Å². The molecule has 0 aromatic heterocycles. The van der Waals surface area contributed by atoms with E-state index in [2.05, 4.69) is 28.7 Å². The molecule has 0 aliphatic carbocycles. The summed E-state index contributed by atoms with van der Waals surface area (Å²) < 4.78 is 38.5. The van der Waals surface area contributed by atoms with Crippen LogP contribution in [0.15, 0.2) is 40.3 Å². The summed E-state index contributed by atoms with van der Waals surface area (Å²) in [5.41, 5.74) is -0.690. The van der Waals surface area contributed by atoms with Gasteiger partial charge in [0.25, 0.3) is 0 Å². The summed E-state index contributed by atoms with van der Waals surface area (Å²) in [6, 6.07) is 0.301. The molecule has 0 unspecified atom stereocenters. The molecule has 0 spiro atoms. The molecule has 7 heteroatoms. The summed E-state index contributed by atoms with van der Waals surface area (Å²) in [4.78, 5) is 7.13. The van der Waals surface area contributed by atoms with Crippen LogP contribution in [0.3, 0.4) is 0 Å². The van der Waals surface area contributed by atoms with Crippen molar-refractivity contribution >= 4 is 16.9 Å². The fourth-order valence-electron chi connectivity index (χ4n) is 2.20. The molecule has 21 heavy (non-hydrogen) atoms. The molecule has 2 rings (SSSR count). The highest BCUT2D eigenvalue weighted by atomic mass is 32.2. The van der Waals surface area contributed by atoms with Crippen molar-refractivity contribution in [3.63, 3.8) is 0 Å². The molecule has 0 radical (unpaired) electrons. The summed E-state index contributed by atoms with van der Waals surface area (Å²) in [5, 5.41) is 4.09. The number of nitrogens with zero attached hydrogens (tertiary/aromatic N) is 2. The van der Waals surface area contributed by atoms with Crippen molar-refractivity contribution in [3.8, 4) is 0 Å². The topological polar surface area (TPSA) is 27.6 Å². The van der Waals surface area contributed by atoms with Crippen molar-refractivity contribution in [2.45, 2.75) is 19.1 Å². The lowest BCUT2D eigenvalue weighted by Gasteiger charge is -2.34. The second kappa shape index (κ2) is 6.70. The minimum absolute atomic E-state index is 0.301. The van der Waals surface area contributed by atoms with E-state index in [1.54, 1.807) is 0 Å². The second-order valence-corrected chi connectivity index (χ2v) is 6.01. The Morgan fingerprint density at radius 1 is 1.52 bits per heavy atom. The van der Waals surface area contributed by atoms with Gasteiger partial charge in [-0.2, -0.15) is 13.2 Å². The average Bonchev–Trinajstić information content (AvgIpc) is 2.86. The Balaban J connectivity index is 2.07. The zero-order chi connectivity index (χ0) is 15.5. The Morgan fingerprint density at radius 3 is 2.90 bits per heavy atom. The highest BCUT2D eigenvalue weighted by Gasteiger charge is 2.33. The Hall–Kier alpha value is -1.21. The summed E-state index contributed by atoms with van der Waals surface area (Å²) in [5.74, 6) is 0. The first-order valence-electron chi connectivity index (χ1n) is 6.72. The molecule has 2 aliphatic heterocycles. The lowest BCUT2D eigenvalue weighted by atomic mass is 10.2. The molecule has 1 fully saturated rings. The van der Waals surface area contributed by atoms with Crippen LogP contribution in [0.25, 0.3) is 0 Å². The van der Waals surface area contributed by atoms with Gasteiger partial charge < -0.3 is 10.2 Å². The number of allylic oxidation sites excluding steroid dienone is 4. The molecule has 116 valence electrons. The molecule has 0 aromatic carbocycles. The number of alkyl halides is 3. The Kier molecular flexibility index (Phi) is 5.16. The Bertz CT molecular complexity index is 494. The predicted molar refractivity (Wildman–Crippen MR) is 81.3 cm³/mol. The van der Waals surface area contributed by atoms with E-state index in [9.17, 15) is 13.2 Å². The third kappa shape index (κ3) is 4.14. The van der Waals surface area contributed by atoms with E-state index in [4.69, 9.17) is 0 Å². The van der Waals surface area contributed by atoms with Gasteiger partial charge in [0.15, 0.2) is 5.17 Å². The van der Waals surface area contributed by atoms with E-state index in [0.29, 0.717) is 17.5 Å². The van der Waals surface area contributed by atoms with Crippen molar-refractivity contribution in [3.05, 3.63) is 35.3 Å². The van der Waals surface area contributed by atoms with Crippen LogP contribution in [-0.4, -0.2) is 48.5 Å². The highest BCUT2D eigenvalue weighted by Crippen LogP contribution is 2.33. The third-order valence-electron chi connectivity index (χ3n) is 3.28. The largest absolute Gasteiger partial charge is 0.416 e. The average molecular weight is 317 g/mol. The molecule has 0 aromatic rings. The first kappa shape index (κ1) is 16.2. The molecule has 1 saturated heterocycles. The zero-order valence-corrected chi connectivity index (χ0v) is 12.6. The first-order valence-corrected chi connectivity index (χ1v) is 7.53. The normalized spacial score (nSPS) is 26.2. The molecule has 1 atom stereocenters. The van der Waals surface area contributed by atoms with Crippen molar-refractivity contribution in [1.29, 1.82) is 0 Å². The maximum absolute atomic E-state index is 12.8. The molecule has 1 N–H and O–H groups in total. The zero-order valence-electron chi connectivity index (χ0n) is 11.8. The summed E-state index contributed by atoms with van der Waals surface area (Å²) >= 11 is 1.33. The predicted octanol–water partition coefficient (Wildman–Crippen LogP) is 2.94. The number of piperazine rings is 1. The highest BCUT2D eigenvalue weighted by molar-refractivity contribution is 8.17. The number of aliphatic imine (C=N–C) groups is 1. The van der Waals surface area contributed by atoms with Crippen LogP contribution in [0.5, 0.6) is 0 Å². The number of thioether (sulfide) groups is 1. The number of hydrogen-bond acceptors (Lipinski definition) is 4. The minimum Gasteiger partial charge on any atom is -0.346 e. The van der Waals surface area contributed by atoms with Crippen LogP contribution < -0.4 is 5.32 Å². The summed E-state index contributed by atoms with van der Waals surface area (Å²) in [7, 11) is 0. The molecular formula is C14H18F3N3S. The quantitative estimate of drug-likeness (QED) is 0.794. The van der Waals surface area contributed by atoms with Crippen LogP contribution in [0.4, 0.5) is 13.2 Å². The monoisotopic (exact) mass is 317 g/mol. The molecule has 3 nitrogen and oxygen atoms in total. The van der Waals surface area contributed by atoms with Gasteiger partial charge in [-0.15, -0.1) is 0 Å². The van der Waals surface area contributed by atoms with Gasteiger partial charge in [0.1, 0.15) is 0 Å². The van der Waals surface area contributed by atoms with Gasteiger partial charge in [-0.3, -0.25) is 4.99 Å². The lowest BCUT2D eigenvalue weighted by molar-refractivity contribution is -0.0882. The second-order valence-electron chi connectivity index (χ2n) is 4.91. The molecular weight excluding hydrogens is 299 g/mol. The maximum Gasteiger partial charge on any atom is 0.416 e. The van der Waals surface area contributed by atoms with Crippen LogP contribution >= 0.6 is 11.8 Å². The van der Waals surface area contributed by atoms with E-state index < -0.39 is 11.7 Å². The van der Waals surface area contributed by atoms with Crippen LogP contribution in [0.1, 0.15) is 6.92 Å². The van der Waals surface area contributed by atoms with E-state index in [1.165, 1.54) is 11.8 Å². The van der Waals surface area contributed by atoms with Gasteiger partial charge >= 0.3 is 6.18 Å². The standard InChI is InChI=1S/C14H18F3N3S/c1-3-4-11(14(15,16)17)7-12-9-19-13(21-12)20-6-5-18-8-10(20)2/h3-4,7,10,18H,1,5-6,8-9H2,2H3/b11-4+,12-7+/t10-/m1/s1. The molecule has 2 heterocycles. The van der Waals surface area contributed by atoms with E-state index in [1.807, 2.05) is 0 Å². The Labute approximate surface area is 126 Å². The summed E-state index contributed by atoms with van der Waals surface area (Å²) in [6.07, 6.45) is -1.07. The van der Waals surface area contributed by atoms with Gasteiger partial charge in [-0.25, -0.2) is 0 Å². The van der Waals surface area contributed by atoms with Gasteiger partial charge in [0.05, 0.1) is 12.1 Å². The molecule has 2 aliphatic rings. The fraction of sp³-hybridized carbons (Fsp3) is 0.500. The number of nitrogens with one attached hydrogen (secondary N) is 1. The number of halogens is 3. The van der Waals surface area contributed by atoms with Gasteiger partial charge in [0.2, 0.25) is 0 Å². The third-order valence-corrected chi connectivity index (χ3v) is 4.34. The first-order chi connectivity index (χ1) is 9.91.